The second-order valence-electron chi connectivity index (χ2n) is 5.29. The second kappa shape index (κ2) is 8.65. The lowest BCUT2D eigenvalue weighted by Gasteiger charge is -2.23. The van der Waals surface area contributed by atoms with Gasteiger partial charge in [0, 0.05) is 6.54 Å². The summed E-state index contributed by atoms with van der Waals surface area (Å²) in [6.07, 6.45) is 0. The van der Waals surface area contributed by atoms with Crippen molar-refractivity contribution in [3.8, 4) is 5.75 Å². The number of nitrogens with zero attached hydrogens (tertiary/aromatic N) is 1. The van der Waals surface area contributed by atoms with Gasteiger partial charge in [0.1, 0.15) is 12.3 Å². The highest BCUT2D eigenvalue weighted by Gasteiger charge is 2.28. The third-order valence-electron chi connectivity index (χ3n) is 2.94. The van der Waals surface area contributed by atoms with Crippen molar-refractivity contribution in [1.29, 1.82) is 0 Å². The van der Waals surface area contributed by atoms with Crippen molar-refractivity contribution in [2.75, 3.05) is 26.8 Å². The van der Waals surface area contributed by atoms with Gasteiger partial charge >= 0.3 is 5.97 Å². The van der Waals surface area contributed by atoms with Crippen molar-refractivity contribution >= 4 is 31.9 Å². The summed E-state index contributed by atoms with van der Waals surface area (Å²) < 4.78 is 37.3. The molecule has 0 unspecified atom stereocenters. The van der Waals surface area contributed by atoms with Crippen molar-refractivity contribution < 1.29 is 22.7 Å². The zero-order chi connectivity index (χ0) is 17.6. The van der Waals surface area contributed by atoms with Crippen LogP contribution in [-0.2, 0) is 19.6 Å². The van der Waals surface area contributed by atoms with E-state index < -0.39 is 16.0 Å². The van der Waals surface area contributed by atoms with Crippen LogP contribution in [0.5, 0.6) is 5.75 Å². The molecular weight excluding hydrogens is 386 g/mol. The zero-order valence-electron chi connectivity index (χ0n) is 13.7. The summed E-state index contributed by atoms with van der Waals surface area (Å²) in [4.78, 5) is 11.8. The summed E-state index contributed by atoms with van der Waals surface area (Å²) in [6, 6.07) is 4.49. The fraction of sp³-hybridized carbons (Fsp3) is 0.533. The summed E-state index contributed by atoms with van der Waals surface area (Å²) in [6.45, 7) is 5.58. The number of hydrogen-bond donors (Lipinski definition) is 0. The highest BCUT2D eigenvalue weighted by atomic mass is 79.9. The number of esters is 1. The van der Waals surface area contributed by atoms with Gasteiger partial charge in [-0.15, -0.1) is 0 Å². The summed E-state index contributed by atoms with van der Waals surface area (Å²) >= 11 is 3.28. The molecule has 0 N–H and O–H groups in total. The number of methoxy groups -OCH3 is 1. The second-order valence-corrected chi connectivity index (χ2v) is 8.09. The van der Waals surface area contributed by atoms with E-state index in [-0.39, 0.29) is 30.5 Å². The Morgan fingerprint density at radius 3 is 2.48 bits per heavy atom. The number of sulfonamides is 1. The molecule has 0 spiro atoms. The molecule has 23 heavy (non-hydrogen) atoms. The van der Waals surface area contributed by atoms with Crippen molar-refractivity contribution in [3.63, 3.8) is 0 Å². The summed E-state index contributed by atoms with van der Waals surface area (Å²) in [7, 11) is -2.31. The number of ether oxygens (including phenoxy) is 2. The third-order valence-corrected chi connectivity index (χ3v) is 5.37. The van der Waals surface area contributed by atoms with Gasteiger partial charge < -0.3 is 9.47 Å². The predicted molar refractivity (Wildman–Crippen MR) is 90.9 cm³/mol. The molecular formula is C15H22BrNO5S. The lowest BCUT2D eigenvalue weighted by molar-refractivity contribution is -0.143. The topological polar surface area (TPSA) is 72.9 Å². The molecule has 1 aromatic carbocycles. The van der Waals surface area contributed by atoms with Crippen LogP contribution in [0.15, 0.2) is 27.6 Å². The van der Waals surface area contributed by atoms with E-state index in [4.69, 9.17) is 9.47 Å². The van der Waals surface area contributed by atoms with Gasteiger partial charge in [0.05, 0.1) is 23.1 Å². The van der Waals surface area contributed by atoms with E-state index in [1.54, 1.807) is 13.0 Å². The number of rotatable bonds is 8. The predicted octanol–water partition coefficient (Wildman–Crippen LogP) is 2.67. The highest BCUT2D eigenvalue weighted by Crippen LogP contribution is 2.29. The van der Waals surface area contributed by atoms with Crippen molar-refractivity contribution in [2.45, 2.75) is 25.7 Å². The van der Waals surface area contributed by atoms with E-state index in [9.17, 15) is 13.2 Å². The molecule has 0 saturated heterocycles. The molecule has 0 bridgehead atoms. The van der Waals surface area contributed by atoms with E-state index in [0.717, 1.165) is 4.31 Å². The maximum atomic E-state index is 12.8. The molecule has 1 aromatic rings. The van der Waals surface area contributed by atoms with E-state index in [2.05, 4.69) is 15.9 Å². The van der Waals surface area contributed by atoms with Crippen LogP contribution >= 0.6 is 15.9 Å². The maximum Gasteiger partial charge on any atom is 0.321 e. The standard InChI is InChI=1S/C15H22BrNO5S/c1-5-22-15(18)10-17(9-11(2)3)23(19,20)12-6-7-14(21-4)13(16)8-12/h6-8,11H,5,9-10H2,1-4H3. The van der Waals surface area contributed by atoms with Gasteiger partial charge in [-0.05, 0) is 47.0 Å². The fourth-order valence-electron chi connectivity index (χ4n) is 1.96. The van der Waals surface area contributed by atoms with Gasteiger partial charge in [-0.2, -0.15) is 4.31 Å². The van der Waals surface area contributed by atoms with E-state index in [1.165, 1.54) is 19.2 Å². The fourth-order valence-corrected chi connectivity index (χ4v) is 4.23. The Hall–Kier alpha value is -1.12. The Bertz CT molecular complexity index is 645. The number of carbonyl (C=O) groups is 1. The number of hydrogen-bond acceptors (Lipinski definition) is 5. The quantitative estimate of drug-likeness (QED) is 0.619. The van der Waals surface area contributed by atoms with Crippen LogP contribution in [0.2, 0.25) is 0 Å². The number of benzene rings is 1. The smallest absolute Gasteiger partial charge is 0.321 e. The van der Waals surface area contributed by atoms with Crippen molar-refractivity contribution in [1.82, 2.24) is 4.31 Å². The van der Waals surface area contributed by atoms with E-state index >= 15 is 0 Å². The van der Waals surface area contributed by atoms with Crippen molar-refractivity contribution in [3.05, 3.63) is 22.7 Å². The molecule has 0 aliphatic heterocycles. The van der Waals surface area contributed by atoms with Gasteiger partial charge in [0.25, 0.3) is 0 Å². The molecule has 0 aliphatic rings. The van der Waals surface area contributed by atoms with Gasteiger partial charge in [0.15, 0.2) is 0 Å². The monoisotopic (exact) mass is 407 g/mol. The Labute approximate surface area is 145 Å². The first kappa shape index (κ1) is 19.9. The molecule has 0 fully saturated rings. The van der Waals surface area contributed by atoms with Crippen LogP contribution in [0.4, 0.5) is 0 Å². The Morgan fingerprint density at radius 1 is 1.35 bits per heavy atom. The molecule has 0 amide bonds. The molecule has 6 nitrogen and oxygen atoms in total. The normalized spacial score (nSPS) is 11.8. The molecule has 8 heteroatoms. The van der Waals surface area contributed by atoms with Gasteiger partial charge in [0.2, 0.25) is 10.0 Å². The molecule has 0 heterocycles. The molecule has 0 aliphatic carbocycles. The first-order valence-electron chi connectivity index (χ1n) is 7.21. The van der Waals surface area contributed by atoms with Crippen LogP contribution < -0.4 is 4.74 Å². The molecule has 0 radical (unpaired) electrons. The van der Waals surface area contributed by atoms with Crippen LogP contribution in [-0.4, -0.2) is 45.5 Å². The highest BCUT2D eigenvalue weighted by molar-refractivity contribution is 9.10. The van der Waals surface area contributed by atoms with Gasteiger partial charge in [-0.25, -0.2) is 8.42 Å². The Morgan fingerprint density at radius 2 is 2.00 bits per heavy atom. The largest absolute Gasteiger partial charge is 0.496 e. The lowest BCUT2D eigenvalue weighted by atomic mass is 10.2. The van der Waals surface area contributed by atoms with Gasteiger partial charge in [-0.3, -0.25) is 4.79 Å². The minimum absolute atomic E-state index is 0.0703. The first-order chi connectivity index (χ1) is 10.7. The molecule has 0 aromatic heterocycles. The average Bonchev–Trinajstić information content (AvgIpc) is 2.46. The van der Waals surface area contributed by atoms with Crippen LogP contribution in [0.3, 0.4) is 0 Å². The van der Waals surface area contributed by atoms with E-state index in [1.807, 2.05) is 13.8 Å². The maximum absolute atomic E-state index is 12.8. The van der Waals surface area contributed by atoms with Gasteiger partial charge in [-0.1, -0.05) is 13.8 Å². The first-order valence-corrected chi connectivity index (χ1v) is 9.45. The number of carbonyl (C=O) groups excluding carboxylic acids is 1. The summed E-state index contributed by atoms with van der Waals surface area (Å²) in [5, 5.41) is 0. The van der Waals surface area contributed by atoms with Crippen LogP contribution in [0.25, 0.3) is 0 Å². The Kier molecular flexibility index (Phi) is 7.50. The molecule has 1 rings (SSSR count). The summed E-state index contributed by atoms with van der Waals surface area (Å²) in [5.41, 5.74) is 0. The SMILES string of the molecule is CCOC(=O)CN(CC(C)C)S(=O)(=O)c1ccc(OC)c(Br)c1. The minimum Gasteiger partial charge on any atom is -0.496 e. The zero-order valence-corrected chi connectivity index (χ0v) is 16.1. The third kappa shape index (κ3) is 5.47. The molecule has 0 atom stereocenters. The molecule has 130 valence electrons. The van der Waals surface area contributed by atoms with E-state index in [0.29, 0.717) is 10.2 Å². The van der Waals surface area contributed by atoms with Crippen LogP contribution in [0.1, 0.15) is 20.8 Å². The lowest BCUT2D eigenvalue weighted by Crippen LogP contribution is -2.38. The molecule has 0 saturated carbocycles. The number of halogens is 1. The average molecular weight is 408 g/mol. The minimum atomic E-state index is -3.81. The summed E-state index contributed by atoms with van der Waals surface area (Å²) in [5.74, 6) is 0.0370. The van der Waals surface area contributed by atoms with Crippen molar-refractivity contribution in [2.24, 2.45) is 5.92 Å². The Balaban J connectivity index is 3.16. The van der Waals surface area contributed by atoms with Crippen LogP contribution in [0, 0.1) is 5.92 Å².